The van der Waals surface area contributed by atoms with Crippen LogP contribution in [0.3, 0.4) is 0 Å². The Labute approximate surface area is 173 Å². The molecule has 0 saturated heterocycles. The monoisotopic (exact) mass is 412 g/mol. The molecule has 1 aromatic heterocycles. The second-order valence-electron chi connectivity index (χ2n) is 6.37. The third kappa shape index (κ3) is 4.82. The number of aromatic nitrogens is 3. The molecule has 1 N–H and O–H groups in total. The van der Waals surface area contributed by atoms with Crippen molar-refractivity contribution in [3.63, 3.8) is 0 Å². The molecule has 0 aliphatic heterocycles. The maximum absolute atomic E-state index is 12.4. The van der Waals surface area contributed by atoms with E-state index in [1.165, 1.54) is 11.8 Å². The third-order valence-corrected chi connectivity index (χ3v) is 5.30. The molecule has 5 nitrogen and oxygen atoms in total. The summed E-state index contributed by atoms with van der Waals surface area (Å²) < 4.78 is 1.97. The molecule has 28 heavy (non-hydrogen) atoms. The van der Waals surface area contributed by atoms with Crippen LogP contribution in [0.4, 0.5) is 5.69 Å². The van der Waals surface area contributed by atoms with Gasteiger partial charge in [-0.15, -0.1) is 16.8 Å². The molecule has 0 aliphatic carbocycles. The molecule has 0 radical (unpaired) electrons. The van der Waals surface area contributed by atoms with Gasteiger partial charge in [0.25, 0.3) is 0 Å². The fraction of sp³-hybridized carbons (Fsp3) is 0.190. The van der Waals surface area contributed by atoms with E-state index in [2.05, 4.69) is 28.2 Å². The van der Waals surface area contributed by atoms with Gasteiger partial charge in [0.05, 0.1) is 5.75 Å². The highest BCUT2D eigenvalue weighted by Crippen LogP contribution is 2.25. The van der Waals surface area contributed by atoms with Crippen LogP contribution in [0.1, 0.15) is 11.1 Å². The molecule has 3 rings (SSSR count). The fourth-order valence-electron chi connectivity index (χ4n) is 2.77. The van der Waals surface area contributed by atoms with E-state index in [4.69, 9.17) is 11.6 Å². The van der Waals surface area contributed by atoms with Gasteiger partial charge in [0.1, 0.15) is 0 Å². The van der Waals surface area contributed by atoms with E-state index in [1.807, 2.05) is 42.7 Å². The quantitative estimate of drug-likeness (QED) is 0.431. The summed E-state index contributed by atoms with van der Waals surface area (Å²) in [4.78, 5) is 12.4. The minimum absolute atomic E-state index is 0.110. The summed E-state index contributed by atoms with van der Waals surface area (Å²) in [5.41, 5.74) is 3.81. The minimum atomic E-state index is -0.110. The first-order valence-electron chi connectivity index (χ1n) is 8.78. The number of anilines is 1. The van der Waals surface area contributed by atoms with Crippen molar-refractivity contribution in [1.29, 1.82) is 0 Å². The standard InChI is InChI=1S/C21H21ClN4OS/c1-4-10-26-20(16-7-5-6-14(2)11-16)24-25-21(26)28-13-19(27)23-18-9-8-17(22)12-15(18)3/h4-9,11-12H,1,10,13H2,2-3H3,(H,23,27). The number of allylic oxidation sites excluding steroid dienone is 1. The van der Waals surface area contributed by atoms with Crippen LogP contribution in [0.25, 0.3) is 11.4 Å². The number of amides is 1. The van der Waals surface area contributed by atoms with Crippen LogP contribution in [0, 0.1) is 13.8 Å². The van der Waals surface area contributed by atoms with E-state index >= 15 is 0 Å². The number of carbonyl (C=O) groups excluding carboxylic acids is 1. The highest BCUT2D eigenvalue weighted by atomic mass is 35.5. The van der Waals surface area contributed by atoms with Crippen molar-refractivity contribution in [1.82, 2.24) is 14.8 Å². The van der Waals surface area contributed by atoms with Crippen molar-refractivity contribution < 1.29 is 4.79 Å². The van der Waals surface area contributed by atoms with E-state index in [9.17, 15) is 4.79 Å². The zero-order valence-electron chi connectivity index (χ0n) is 15.8. The van der Waals surface area contributed by atoms with E-state index in [1.54, 1.807) is 18.2 Å². The zero-order chi connectivity index (χ0) is 20.1. The van der Waals surface area contributed by atoms with Gasteiger partial charge in [0.2, 0.25) is 5.91 Å². The van der Waals surface area contributed by atoms with Gasteiger partial charge >= 0.3 is 0 Å². The number of nitrogens with zero attached hydrogens (tertiary/aromatic N) is 3. The number of hydrogen-bond donors (Lipinski definition) is 1. The number of hydrogen-bond acceptors (Lipinski definition) is 4. The summed E-state index contributed by atoms with van der Waals surface area (Å²) >= 11 is 7.31. The topological polar surface area (TPSA) is 59.8 Å². The molecule has 0 spiro atoms. The summed E-state index contributed by atoms with van der Waals surface area (Å²) in [7, 11) is 0. The Balaban J connectivity index is 1.73. The number of rotatable bonds is 7. The molecule has 3 aromatic rings. The lowest BCUT2D eigenvalue weighted by molar-refractivity contribution is -0.113. The predicted molar refractivity (Wildman–Crippen MR) is 116 cm³/mol. The molecule has 0 bridgehead atoms. The highest BCUT2D eigenvalue weighted by molar-refractivity contribution is 7.99. The number of thioether (sulfide) groups is 1. The first kappa shape index (κ1) is 20.2. The van der Waals surface area contributed by atoms with Crippen molar-refractivity contribution in [2.24, 2.45) is 0 Å². The molecule has 0 atom stereocenters. The Kier molecular flexibility index (Phi) is 6.54. The van der Waals surface area contributed by atoms with Crippen LogP contribution in [0.5, 0.6) is 0 Å². The maximum Gasteiger partial charge on any atom is 0.234 e. The van der Waals surface area contributed by atoms with Crippen molar-refractivity contribution in [3.8, 4) is 11.4 Å². The molecule has 2 aromatic carbocycles. The average Bonchev–Trinajstić information content (AvgIpc) is 3.05. The van der Waals surface area contributed by atoms with Gasteiger partial charge in [-0.1, -0.05) is 53.2 Å². The summed E-state index contributed by atoms with van der Waals surface area (Å²) in [5, 5.41) is 12.8. The minimum Gasteiger partial charge on any atom is -0.325 e. The number of aryl methyl sites for hydroxylation is 2. The molecule has 1 heterocycles. The molecule has 0 unspecified atom stereocenters. The summed E-state index contributed by atoms with van der Waals surface area (Å²) in [6.07, 6.45) is 1.80. The van der Waals surface area contributed by atoms with Crippen LogP contribution < -0.4 is 5.32 Å². The molecular weight excluding hydrogens is 392 g/mol. The van der Waals surface area contributed by atoms with Gasteiger partial charge in [0, 0.05) is 22.8 Å². The van der Waals surface area contributed by atoms with E-state index < -0.39 is 0 Å². The van der Waals surface area contributed by atoms with Crippen LogP contribution >= 0.6 is 23.4 Å². The highest BCUT2D eigenvalue weighted by Gasteiger charge is 2.15. The molecule has 144 valence electrons. The van der Waals surface area contributed by atoms with Crippen LogP contribution in [-0.4, -0.2) is 26.4 Å². The second kappa shape index (κ2) is 9.08. The van der Waals surface area contributed by atoms with Gasteiger partial charge in [-0.2, -0.15) is 0 Å². The molecular formula is C21H21ClN4OS. The van der Waals surface area contributed by atoms with Crippen molar-refractivity contribution in [2.45, 2.75) is 25.5 Å². The lowest BCUT2D eigenvalue weighted by Crippen LogP contribution is -2.15. The number of nitrogens with one attached hydrogen (secondary N) is 1. The smallest absolute Gasteiger partial charge is 0.234 e. The maximum atomic E-state index is 12.4. The Morgan fingerprint density at radius 3 is 2.79 bits per heavy atom. The Bertz CT molecular complexity index is 1020. The largest absolute Gasteiger partial charge is 0.325 e. The first-order valence-corrected chi connectivity index (χ1v) is 10.1. The van der Waals surface area contributed by atoms with Crippen LogP contribution in [0.2, 0.25) is 5.02 Å². The van der Waals surface area contributed by atoms with Crippen molar-refractivity contribution in [3.05, 3.63) is 71.3 Å². The summed E-state index contributed by atoms with van der Waals surface area (Å²) in [5.74, 6) is 0.881. The van der Waals surface area contributed by atoms with E-state index in [0.717, 1.165) is 28.2 Å². The van der Waals surface area contributed by atoms with Crippen molar-refractivity contribution >= 4 is 35.0 Å². The molecule has 1 amide bonds. The zero-order valence-corrected chi connectivity index (χ0v) is 17.3. The van der Waals surface area contributed by atoms with Gasteiger partial charge < -0.3 is 5.32 Å². The van der Waals surface area contributed by atoms with Gasteiger partial charge in [0.15, 0.2) is 11.0 Å². The normalized spacial score (nSPS) is 10.7. The van der Waals surface area contributed by atoms with Crippen molar-refractivity contribution in [2.75, 3.05) is 11.1 Å². The molecule has 0 aliphatic rings. The number of carbonyl (C=O) groups is 1. The summed E-state index contributed by atoms with van der Waals surface area (Å²) in [6, 6.07) is 13.5. The van der Waals surface area contributed by atoms with Gasteiger partial charge in [-0.05, 0) is 43.7 Å². The van der Waals surface area contributed by atoms with Crippen LogP contribution in [0.15, 0.2) is 60.3 Å². The Hall–Kier alpha value is -2.57. The predicted octanol–water partition coefficient (Wildman–Crippen LogP) is 5.13. The molecule has 7 heteroatoms. The van der Waals surface area contributed by atoms with E-state index in [-0.39, 0.29) is 11.7 Å². The Morgan fingerprint density at radius 1 is 1.25 bits per heavy atom. The second-order valence-corrected chi connectivity index (χ2v) is 7.75. The van der Waals surface area contributed by atoms with Gasteiger partial charge in [-0.3, -0.25) is 9.36 Å². The summed E-state index contributed by atoms with van der Waals surface area (Å²) in [6.45, 7) is 8.33. The number of halogens is 1. The Morgan fingerprint density at radius 2 is 2.07 bits per heavy atom. The van der Waals surface area contributed by atoms with Gasteiger partial charge in [-0.25, -0.2) is 0 Å². The van der Waals surface area contributed by atoms with E-state index in [0.29, 0.717) is 16.7 Å². The average molecular weight is 413 g/mol. The lowest BCUT2D eigenvalue weighted by Gasteiger charge is -2.10. The molecule has 0 saturated carbocycles. The lowest BCUT2D eigenvalue weighted by atomic mass is 10.1. The third-order valence-electron chi connectivity index (χ3n) is 4.10. The first-order chi connectivity index (χ1) is 13.5. The molecule has 0 fully saturated rings. The fourth-order valence-corrected chi connectivity index (χ4v) is 3.75. The van der Waals surface area contributed by atoms with Crippen LogP contribution in [-0.2, 0) is 11.3 Å². The SMILES string of the molecule is C=CCn1c(SCC(=O)Nc2ccc(Cl)cc2C)nnc1-c1cccc(C)c1. The number of benzene rings is 2.